The number of methoxy groups -OCH3 is 1. The summed E-state index contributed by atoms with van der Waals surface area (Å²) < 4.78 is 14.4. The maximum Gasteiger partial charge on any atom is 0.229 e. The van der Waals surface area contributed by atoms with Gasteiger partial charge in [-0.3, -0.25) is 0 Å². The van der Waals surface area contributed by atoms with Gasteiger partial charge in [0.05, 0.1) is 17.0 Å². The largest absolute Gasteiger partial charge is 0.618 e. The fraction of sp³-hybridized carbons (Fsp3) is 0.185. The van der Waals surface area contributed by atoms with Crippen molar-refractivity contribution in [1.29, 1.82) is 0 Å². The minimum Gasteiger partial charge on any atom is -0.618 e. The Morgan fingerprint density at radius 3 is 2.36 bits per heavy atom. The lowest BCUT2D eigenvalue weighted by molar-refractivity contribution is -0.575. The van der Waals surface area contributed by atoms with Gasteiger partial charge in [-0.2, -0.15) is 4.73 Å². The number of rotatable bonds is 8. The van der Waals surface area contributed by atoms with Gasteiger partial charge in [0.2, 0.25) is 11.7 Å². The van der Waals surface area contributed by atoms with E-state index in [4.69, 9.17) is 14.5 Å². The van der Waals surface area contributed by atoms with Crippen LogP contribution in [0.1, 0.15) is 17.0 Å². The van der Waals surface area contributed by atoms with E-state index in [1.54, 1.807) is 13.2 Å². The first-order valence-electron chi connectivity index (χ1n) is 11.0. The number of hydrogen-bond acceptors (Lipinski definition) is 4. The Balaban J connectivity index is 1.53. The van der Waals surface area contributed by atoms with E-state index in [9.17, 15) is 5.21 Å². The van der Waals surface area contributed by atoms with Crippen molar-refractivity contribution in [3.05, 3.63) is 107 Å². The molecule has 0 bridgehead atoms. The van der Waals surface area contributed by atoms with Crippen molar-refractivity contribution >= 4 is 21.9 Å². The van der Waals surface area contributed by atoms with Gasteiger partial charge in [0.25, 0.3) is 0 Å². The van der Waals surface area contributed by atoms with Crippen LogP contribution in [0.15, 0.2) is 85.1 Å². The van der Waals surface area contributed by atoms with Gasteiger partial charge in [-0.1, -0.05) is 60.7 Å². The summed E-state index contributed by atoms with van der Waals surface area (Å²) in [5.74, 6) is 1.46. The molecular weight excluding hydrogens is 414 g/mol. The molecule has 0 saturated carbocycles. The Morgan fingerprint density at radius 1 is 0.909 bits per heavy atom. The van der Waals surface area contributed by atoms with Crippen LogP contribution >= 0.6 is 0 Å². The number of hydrogen-bond donors (Lipinski definition) is 0. The molecule has 33 heavy (non-hydrogen) atoms. The van der Waals surface area contributed by atoms with E-state index in [0.29, 0.717) is 30.0 Å². The Kier molecular flexibility index (Phi) is 5.91. The number of nitrogens with zero attached hydrogens (tertiary/aromatic N) is 3. The van der Waals surface area contributed by atoms with Crippen LogP contribution in [0.5, 0.6) is 5.75 Å². The van der Waals surface area contributed by atoms with E-state index in [1.807, 2.05) is 60.7 Å². The summed E-state index contributed by atoms with van der Waals surface area (Å²) in [6.45, 7) is 1.56. The van der Waals surface area contributed by atoms with E-state index in [2.05, 4.69) is 16.7 Å². The molecule has 2 heterocycles. The zero-order valence-electron chi connectivity index (χ0n) is 18.5. The highest BCUT2D eigenvalue weighted by Crippen LogP contribution is 2.28. The van der Waals surface area contributed by atoms with Crippen LogP contribution < -0.4 is 9.47 Å². The molecule has 166 valence electrons. The summed E-state index contributed by atoms with van der Waals surface area (Å²) in [6, 6.07) is 26.0. The van der Waals surface area contributed by atoms with Crippen LogP contribution in [0.2, 0.25) is 0 Å². The van der Waals surface area contributed by atoms with E-state index in [-0.39, 0.29) is 0 Å². The Labute approximate surface area is 192 Å². The second-order valence-corrected chi connectivity index (χ2v) is 7.99. The molecule has 5 aromatic rings. The lowest BCUT2D eigenvalue weighted by atomic mass is 10.1. The predicted molar refractivity (Wildman–Crippen MR) is 128 cm³/mol. The molecule has 5 rings (SSSR count). The van der Waals surface area contributed by atoms with Gasteiger partial charge in [-0.05, 0) is 29.7 Å². The molecule has 0 spiro atoms. The van der Waals surface area contributed by atoms with Gasteiger partial charge in [0.1, 0.15) is 24.8 Å². The molecule has 0 radical (unpaired) electrons. The third-order valence-corrected chi connectivity index (χ3v) is 5.76. The van der Waals surface area contributed by atoms with Crippen molar-refractivity contribution in [2.75, 3.05) is 7.11 Å². The zero-order chi connectivity index (χ0) is 22.6. The van der Waals surface area contributed by atoms with Crippen LogP contribution in [0.25, 0.3) is 21.9 Å². The summed E-state index contributed by atoms with van der Waals surface area (Å²) in [5, 5.41) is 13.7. The average Bonchev–Trinajstić information content (AvgIpc) is 3.19. The smallest absolute Gasteiger partial charge is 0.229 e. The van der Waals surface area contributed by atoms with Crippen LogP contribution in [-0.4, -0.2) is 16.7 Å². The highest BCUT2D eigenvalue weighted by Gasteiger charge is 2.19. The predicted octanol–water partition coefficient (Wildman–Crippen LogP) is 4.79. The Morgan fingerprint density at radius 2 is 1.64 bits per heavy atom. The third kappa shape index (κ3) is 4.38. The highest BCUT2D eigenvalue weighted by atomic mass is 16.5. The van der Waals surface area contributed by atoms with Crippen molar-refractivity contribution in [3.8, 4) is 5.75 Å². The van der Waals surface area contributed by atoms with Gasteiger partial charge >= 0.3 is 0 Å². The number of ether oxygens (including phenoxy) is 2. The number of imidazole rings is 1. The van der Waals surface area contributed by atoms with E-state index >= 15 is 0 Å². The molecule has 3 aromatic carbocycles. The molecule has 0 amide bonds. The Bertz CT molecular complexity index is 1380. The van der Waals surface area contributed by atoms with Gasteiger partial charge < -0.3 is 19.2 Å². The second-order valence-electron chi connectivity index (χ2n) is 7.99. The summed E-state index contributed by atoms with van der Waals surface area (Å²) in [5.41, 5.74) is 4.48. The van der Waals surface area contributed by atoms with Crippen molar-refractivity contribution in [2.24, 2.45) is 0 Å². The normalized spacial score (nSPS) is 11.3. The molecule has 0 atom stereocenters. The molecule has 6 nitrogen and oxygen atoms in total. The molecular formula is C27H25N3O3. The van der Waals surface area contributed by atoms with Crippen molar-refractivity contribution < 1.29 is 14.2 Å². The third-order valence-electron chi connectivity index (χ3n) is 5.76. The number of pyridine rings is 1. The lowest BCUT2D eigenvalue weighted by Crippen LogP contribution is -2.26. The molecule has 0 aliphatic carbocycles. The SMILES string of the molecule is COCc1nc2c[n+]([O-])c3cc(OCc4ccccc4)ccc3c2n1CCc1ccccc1. The first kappa shape index (κ1) is 21.0. The van der Waals surface area contributed by atoms with Crippen LogP contribution in [0, 0.1) is 5.21 Å². The summed E-state index contributed by atoms with van der Waals surface area (Å²) in [6.07, 6.45) is 2.39. The zero-order valence-corrected chi connectivity index (χ0v) is 18.5. The standard InChI is InChI=1S/C27H25N3O3/c1-32-19-26-28-24-17-30(31)25-16-22(33-18-21-10-6-3-7-11-21)12-13-23(25)27(24)29(26)15-14-20-8-4-2-5-9-20/h2-13,16-17H,14-15,18-19H2,1H3. The molecule has 0 saturated heterocycles. The minimum absolute atomic E-state index is 0.377. The topological polar surface area (TPSA) is 63.2 Å². The molecule has 0 N–H and O–H groups in total. The summed E-state index contributed by atoms with van der Waals surface area (Å²) >= 11 is 0. The monoisotopic (exact) mass is 439 g/mol. The van der Waals surface area contributed by atoms with E-state index < -0.39 is 0 Å². The first-order chi connectivity index (χ1) is 16.2. The second kappa shape index (κ2) is 9.30. The maximum atomic E-state index is 12.9. The van der Waals surface area contributed by atoms with Crippen LogP contribution in [0.4, 0.5) is 0 Å². The first-order valence-corrected chi connectivity index (χ1v) is 11.0. The number of fused-ring (bicyclic) bond motifs is 3. The fourth-order valence-electron chi connectivity index (χ4n) is 4.16. The van der Waals surface area contributed by atoms with Crippen molar-refractivity contribution in [2.45, 2.75) is 26.2 Å². The van der Waals surface area contributed by atoms with Gasteiger partial charge in [0, 0.05) is 13.7 Å². The minimum atomic E-state index is 0.377. The Hall–Kier alpha value is -3.90. The lowest BCUT2D eigenvalue weighted by Gasteiger charge is -2.11. The van der Waals surface area contributed by atoms with Crippen LogP contribution in [-0.2, 0) is 30.9 Å². The van der Waals surface area contributed by atoms with Crippen molar-refractivity contribution in [3.63, 3.8) is 0 Å². The fourth-order valence-corrected chi connectivity index (χ4v) is 4.16. The molecule has 0 aliphatic heterocycles. The van der Waals surface area contributed by atoms with E-state index in [0.717, 1.165) is 40.0 Å². The number of benzene rings is 3. The summed E-state index contributed by atoms with van der Waals surface area (Å²) in [7, 11) is 1.66. The molecule has 0 unspecified atom stereocenters. The average molecular weight is 440 g/mol. The van der Waals surface area contributed by atoms with Crippen molar-refractivity contribution in [1.82, 2.24) is 9.55 Å². The van der Waals surface area contributed by atoms with Gasteiger partial charge in [-0.15, -0.1) is 0 Å². The quantitative estimate of drug-likeness (QED) is 0.258. The van der Waals surface area contributed by atoms with E-state index in [1.165, 1.54) is 11.8 Å². The van der Waals surface area contributed by atoms with Crippen LogP contribution in [0.3, 0.4) is 0 Å². The van der Waals surface area contributed by atoms with Gasteiger partial charge in [0.15, 0.2) is 5.52 Å². The summed E-state index contributed by atoms with van der Waals surface area (Å²) in [4.78, 5) is 4.71. The number of aromatic nitrogens is 3. The highest BCUT2D eigenvalue weighted by molar-refractivity contribution is 6.01. The number of aryl methyl sites for hydroxylation is 2. The maximum absolute atomic E-state index is 12.9. The molecule has 2 aromatic heterocycles. The molecule has 0 aliphatic rings. The molecule has 6 heteroatoms. The van der Waals surface area contributed by atoms with Gasteiger partial charge in [-0.25, -0.2) is 4.98 Å². The molecule has 0 fully saturated rings.